The molecule has 6 aliphatic heterocycles. The number of ether oxygens (including phenoxy) is 11. The number of nitrogens with one attached hydrogen (secondary N) is 3. The first kappa shape index (κ1) is 66.9. The van der Waals surface area contributed by atoms with Crippen molar-refractivity contribution in [1.82, 2.24) is 16.0 Å². The summed E-state index contributed by atoms with van der Waals surface area (Å²) in [6.45, 7) is -1.09. The molecule has 31 atom stereocenters. The summed E-state index contributed by atoms with van der Waals surface area (Å²) in [6, 6.07) is -5.20. The molecule has 6 fully saturated rings. The molecule has 6 saturated heterocycles. The molecule has 3 amide bonds. The highest BCUT2D eigenvalue weighted by atomic mass is 16.8. The lowest BCUT2D eigenvalue weighted by molar-refractivity contribution is -0.388. The van der Waals surface area contributed by atoms with Crippen molar-refractivity contribution in [1.29, 1.82) is 0 Å². The first-order valence-electron chi connectivity index (χ1n) is 25.6. The van der Waals surface area contributed by atoms with Gasteiger partial charge in [0.05, 0.1) is 51.3 Å². The van der Waals surface area contributed by atoms with E-state index in [1.54, 1.807) is 0 Å². The zero-order chi connectivity index (χ0) is 60.3. The molecule has 36 nitrogen and oxygen atoms in total. The van der Waals surface area contributed by atoms with Crippen LogP contribution in [0.4, 0.5) is 0 Å². The summed E-state index contributed by atoms with van der Waals surface area (Å²) in [5.74, 6) is -7.51. The van der Waals surface area contributed by atoms with Gasteiger partial charge in [-0.3, -0.25) is 14.4 Å². The fraction of sp³-hybridized carbons (Fsp3) is 0.911. The maximum atomic E-state index is 12.8. The van der Waals surface area contributed by atoms with Crippen LogP contribution in [-0.4, -0.2) is 338 Å². The van der Waals surface area contributed by atoms with Gasteiger partial charge >= 0.3 is 5.97 Å². The predicted octanol–water partition coefficient (Wildman–Crippen LogP) is -13.4. The largest absolute Gasteiger partial charge is 0.477 e. The Kier molecular flexibility index (Phi) is 23.4. The summed E-state index contributed by atoms with van der Waals surface area (Å²) in [6.07, 6.45) is -53.9. The number of rotatable bonds is 21. The number of aliphatic hydroxyl groups excluding tert-OH is 17. The van der Waals surface area contributed by atoms with Crippen LogP contribution in [0.15, 0.2) is 0 Å². The zero-order valence-electron chi connectivity index (χ0n) is 43.7. The summed E-state index contributed by atoms with van der Waals surface area (Å²) in [5.41, 5.74) is 0. The smallest absolute Gasteiger partial charge is 0.364 e. The van der Waals surface area contributed by atoms with E-state index in [1.165, 1.54) is 6.92 Å². The van der Waals surface area contributed by atoms with Gasteiger partial charge in [0.2, 0.25) is 17.7 Å². The second-order valence-electron chi connectivity index (χ2n) is 20.4. The van der Waals surface area contributed by atoms with E-state index in [1.807, 2.05) is 0 Å². The first-order chi connectivity index (χ1) is 38.0. The standard InChI is InChI=1S/C45H75N3O33/c1-11-24(58)29(63)32(66)41(72-11)80-38-30(64)26(60)17(7-50)75-43(38)79-36-23(48-14(4)55)40(74-18(8-51)27(36)61)77-34-19(9-52)76-42(33(67)31(34)65)78-35-22(47-13(3)54)39(68)73-20(28(35)62)10-71-45(44(69)70)5-15(56)21(46-12(2)53)37(81-45)25(59)16(57)6-49/h11,15-43,49-52,56-68H,5-10H2,1-4H3,(H,46,53)(H,47,54)(H,48,55)(H,69,70)/t11-,15-,16+,17+,18+,19+,20+,21+,22+,23+,24+,25+,26-,27-,28-,29+,30-,31+,32-,33+,34-,35+,36+,37+,38+,39?,40+,41-,42-,43-,45+/m0/s1. The normalized spacial score (nSPS) is 46.7. The van der Waals surface area contributed by atoms with E-state index in [4.69, 9.17) is 52.1 Å². The molecule has 0 aromatic heterocycles. The molecule has 36 heteroatoms. The Morgan fingerprint density at radius 1 is 0.519 bits per heavy atom. The van der Waals surface area contributed by atoms with E-state index < -0.39 is 253 Å². The van der Waals surface area contributed by atoms with Gasteiger partial charge in [-0.05, 0) is 6.92 Å². The van der Waals surface area contributed by atoms with Gasteiger partial charge in [-0.2, -0.15) is 0 Å². The van der Waals surface area contributed by atoms with Crippen molar-refractivity contribution in [2.24, 2.45) is 0 Å². The highest BCUT2D eigenvalue weighted by Crippen LogP contribution is 2.38. The number of hydrogen-bond acceptors (Lipinski definition) is 32. The van der Waals surface area contributed by atoms with Gasteiger partial charge in [-0.25, -0.2) is 4.79 Å². The summed E-state index contributed by atoms with van der Waals surface area (Å²) >= 11 is 0. The quantitative estimate of drug-likeness (QED) is 0.0507. The Labute approximate surface area is 459 Å². The Balaban J connectivity index is 1.23. The van der Waals surface area contributed by atoms with Crippen molar-refractivity contribution in [2.45, 2.75) is 224 Å². The number of carbonyl (C=O) groups excluding carboxylic acids is 3. The number of carboxylic acids is 1. The topological polar surface area (TPSA) is 570 Å². The summed E-state index contributed by atoms with van der Waals surface area (Å²) in [7, 11) is 0. The van der Waals surface area contributed by atoms with Gasteiger partial charge in [-0.1, -0.05) is 0 Å². The maximum Gasteiger partial charge on any atom is 0.364 e. The highest BCUT2D eigenvalue weighted by molar-refractivity contribution is 5.77. The minimum atomic E-state index is -2.99. The molecule has 6 aliphatic rings. The van der Waals surface area contributed by atoms with Crippen LogP contribution in [0.5, 0.6) is 0 Å². The number of aliphatic carboxylic acids is 1. The predicted molar refractivity (Wildman–Crippen MR) is 250 cm³/mol. The Morgan fingerprint density at radius 2 is 0.988 bits per heavy atom. The first-order valence-corrected chi connectivity index (χ1v) is 25.6. The lowest BCUT2D eigenvalue weighted by atomic mass is 9.88. The Bertz CT molecular complexity index is 2070. The van der Waals surface area contributed by atoms with Gasteiger partial charge in [0.15, 0.2) is 31.5 Å². The van der Waals surface area contributed by atoms with Crippen LogP contribution in [0, 0.1) is 0 Å². The van der Waals surface area contributed by atoms with Crippen LogP contribution < -0.4 is 16.0 Å². The van der Waals surface area contributed by atoms with Crippen LogP contribution in [0.2, 0.25) is 0 Å². The average Bonchev–Trinajstić information content (AvgIpc) is 3.41. The van der Waals surface area contributed by atoms with E-state index in [9.17, 15) is 111 Å². The molecule has 1 unspecified atom stereocenters. The van der Waals surface area contributed by atoms with Crippen LogP contribution in [0.3, 0.4) is 0 Å². The van der Waals surface area contributed by atoms with Crippen molar-refractivity contribution in [3.05, 3.63) is 0 Å². The van der Waals surface area contributed by atoms with Crippen LogP contribution >= 0.6 is 0 Å². The third-order valence-corrected chi connectivity index (χ3v) is 14.6. The second kappa shape index (κ2) is 28.3. The van der Waals surface area contributed by atoms with E-state index in [0.717, 1.165) is 20.8 Å². The van der Waals surface area contributed by atoms with Crippen molar-refractivity contribution in [3.63, 3.8) is 0 Å². The molecule has 0 aliphatic carbocycles. The molecular formula is C45H75N3O33. The number of carboxylic acid groups (broad SMARTS) is 1. The molecule has 0 aromatic rings. The number of carbonyl (C=O) groups is 4. The third-order valence-electron chi connectivity index (χ3n) is 14.6. The second-order valence-corrected chi connectivity index (χ2v) is 20.4. The molecule has 0 bridgehead atoms. The van der Waals surface area contributed by atoms with Crippen LogP contribution in [0.1, 0.15) is 34.1 Å². The van der Waals surface area contributed by atoms with Crippen LogP contribution in [-0.2, 0) is 71.3 Å². The molecule has 0 radical (unpaired) electrons. The van der Waals surface area contributed by atoms with E-state index in [-0.39, 0.29) is 0 Å². The lowest BCUT2D eigenvalue weighted by Crippen LogP contribution is -2.71. The van der Waals surface area contributed by atoms with Gasteiger partial charge in [0.25, 0.3) is 5.79 Å². The minimum Gasteiger partial charge on any atom is -0.477 e. The average molecular weight is 1190 g/mol. The van der Waals surface area contributed by atoms with Crippen molar-refractivity contribution < 1.29 is 163 Å². The number of amides is 3. The van der Waals surface area contributed by atoms with E-state index in [2.05, 4.69) is 16.0 Å². The van der Waals surface area contributed by atoms with Gasteiger partial charge < -0.3 is 160 Å². The third kappa shape index (κ3) is 14.7. The van der Waals surface area contributed by atoms with Crippen molar-refractivity contribution >= 4 is 23.7 Å². The van der Waals surface area contributed by atoms with Crippen LogP contribution in [0.25, 0.3) is 0 Å². The monoisotopic (exact) mass is 1190 g/mol. The SMILES string of the molecule is CC(=O)N[C@H]1[C@@H](O[C@@H]2[C@H](O)[C@@H](O)[C@H](O[C@H]3[C@@H](O)[C@@H](CO[C@]4(C(=O)O)C[C@H](O)[C@@H](NC(C)=O)[C@H]([C@H](O)[C@H](O)CO)O4)OC(O)[C@@H]3NC(C)=O)O[C@@H]2CO)O[C@H](CO)[C@H](O)[C@@H]1O[C@@H]1O[C@H](CO)[C@H](O)[C@H](O)[C@H]1O[C@@H]1O[C@@H](C)[C@@H](O)[C@@H](O)[C@@H]1O. The molecule has 81 heavy (non-hydrogen) atoms. The maximum absolute atomic E-state index is 12.8. The van der Waals surface area contributed by atoms with Gasteiger partial charge in [0.1, 0.15) is 134 Å². The fourth-order valence-electron chi connectivity index (χ4n) is 10.2. The Hall–Kier alpha value is -3.24. The molecule has 0 aromatic carbocycles. The molecular weight excluding hydrogens is 1110 g/mol. The fourth-order valence-corrected chi connectivity index (χ4v) is 10.2. The summed E-state index contributed by atoms with van der Waals surface area (Å²) < 4.78 is 63.3. The lowest BCUT2D eigenvalue weighted by Gasteiger charge is -2.51. The molecule has 0 spiro atoms. The molecule has 6 heterocycles. The van der Waals surface area contributed by atoms with Crippen molar-refractivity contribution in [3.8, 4) is 0 Å². The van der Waals surface area contributed by atoms with Gasteiger partial charge in [0, 0.05) is 27.2 Å². The van der Waals surface area contributed by atoms with Crippen molar-refractivity contribution in [2.75, 3.05) is 33.0 Å². The Morgan fingerprint density at radius 3 is 1.57 bits per heavy atom. The minimum absolute atomic E-state index is 0.791. The van der Waals surface area contributed by atoms with E-state index in [0.29, 0.717) is 0 Å². The molecule has 468 valence electrons. The summed E-state index contributed by atoms with van der Waals surface area (Å²) in [5, 5.41) is 201. The van der Waals surface area contributed by atoms with E-state index >= 15 is 0 Å². The number of hydrogen-bond donors (Lipinski definition) is 21. The van der Waals surface area contributed by atoms with Gasteiger partial charge in [-0.15, -0.1) is 0 Å². The molecule has 21 N–H and O–H groups in total. The number of aliphatic hydroxyl groups is 17. The molecule has 6 rings (SSSR count). The summed E-state index contributed by atoms with van der Waals surface area (Å²) in [4.78, 5) is 50.1. The highest BCUT2D eigenvalue weighted by Gasteiger charge is 2.60. The molecule has 0 saturated carbocycles. The zero-order valence-corrected chi connectivity index (χ0v) is 43.7.